The highest BCUT2D eigenvalue weighted by atomic mass is 35.5. The molecule has 0 bridgehead atoms. The van der Waals surface area contributed by atoms with Crippen LogP contribution in [-0.2, 0) is 11.3 Å². The zero-order chi connectivity index (χ0) is 20.4. The van der Waals surface area contributed by atoms with Gasteiger partial charge in [-0.3, -0.25) is 9.88 Å². The number of carboxylic acids is 1. The van der Waals surface area contributed by atoms with Crippen LogP contribution in [0.3, 0.4) is 0 Å². The normalized spacial score (nSPS) is 14.8. The van der Waals surface area contributed by atoms with Crippen molar-refractivity contribution in [2.24, 2.45) is 0 Å². The van der Waals surface area contributed by atoms with E-state index in [0.717, 1.165) is 35.2 Å². The Kier molecular flexibility index (Phi) is 5.87. The number of rotatable bonds is 5. The number of benzene rings is 2. The summed E-state index contributed by atoms with van der Waals surface area (Å²) in [5, 5.41) is 14.5. The maximum absolute atomic E-state index is 11.8. The van der Waals surface area contributed by atoms with Gasteiger partial charge in [0, 0.05) is 41.8 Å². The molecule has 2 heterocycles. The fourth-order valence-electron chi connectivity index (χ4n) is 3.45. The Balaban J connectivity index is 1.82. The Labute approximate surface area is 178 Å². The molecule has 1 fully saturated rings. The van der Waals surface area contributed by atoms with Crippen LogP contribution in [-0.4, -0.2) is 47.3 Å². The number of pyridine rings is 1. The van der Waals surface area contributed by atoms with Gasteiger partial charge < -0.3 is 15.2 Å². The molecule has 1 aliphatic rings. The number of hydrogen-bond acceptors (Lipinski definition) is 5. The lowest BCUT2D eigenvalue weighted by molar-refractivity contribution is 0.0342. The average Bonchev–Trinajstić information content (AvgIpc) is 2.70. The van der Waals surface area contributed by atoms with Crippen molar-refractivity contribution in [3.63, 3.8) is 0 Å². The fourth-order valence-corrected chi connectivity index (χ4v) is 3.88. The molecule has 2 aromatic carbocycles. The van der Waals surface area contributed by atoms with Crippen LogP contribution in [0, 0.1) is 0 Å². The molecule has 0 spiro atoms. The van der Waals surface area contributed by atoms with Gasteiger partial charge in [-0.1, -0.05) is 29.3 Å². The van der Waals surface area contributed by atoms with Crippen LogP contribution in [0.1, 0.15) is 15.9 Å². The maximum Gasteiger partial charge on any atom is 0.339 e. The highest BCUT2D eigenvalue weighted by Gasteiger charge is 2.19. The highest BCUT2D eigenvalue weighted by molar-refractivity contribution is 6.34. The van der Waals surface area contributed by atoms with Gasteiger partial charge >= 0.3 is 5.97 Å². The van der Waals surface area contributed by atoms with Gasteiger partial charge in [0.05, 0.1) is 35.1 Å². The number of hydrogen-bond donors (Lipinski definition) is 2. The van der Waals surface area contributed by atoms with Gasteiger partial charge in [-0.15, -0.1) is 0 Å². The van der Waals surface area contributed by atoms with Crippen molar-refractivity contribution in [3.05, 3.63) is 63.8 Å². The van der Waals surface area contributed by atoms with Crippen LogP contribution in [0.25, 0.3) is 10.9 Å². The molecule has 4 rings (SSSR count). The summed E-state index contributed by atoms with van der Waals surface area (Å²) in [6.45, 7) is 3.68. The monoisotopic (exact) mass is 431 g/mol. The van der Waals surface area contributed by atoms with E-state index in [4.69, 9.17) is 27.9 Å². The van der Waals surface area contributed by atoms with Gasteiger partial charge in [-0.05, 0) is 30.3 Å². The number of halogens is 2. The topological polar surface area (TPSA) is 74.7 Å². The van der Waals surface area contributed by atoms with Crippen LogP contribution < -0.4 is 5.32 Å². The van der Waals surface area contributed by atoms with Gasteiger partial charge in [-0.25, -0.2) is 4.79 Å². The zero-order valence-electron chi connectivity index (χ0n) is 15.5. The van der Waals surface area contributed by atoms with Crippen molar-refractivity contribution in [1.82, 2.24) is 9.88 Å². The minimum Gasteiger partial charge on any atom is -0.478 e. The van der Waals surface area contributed by atoms with Crippen LogP contribution in [0.2, 0.25) is 10.0 Å². The lowest BCUT2D eigenvalue weighted by Gasteiger charge is -2.28. The standard InChI is InChI=1S/C21H19Cl2N3O3/c22-14-4-5-17-15(10-14)20(13(11-24-17)12-26-6-8-29-9-7-26)25-18-3-1-2-16(23)19(18)21(27)28/h1-5,10-11H,6-9,12H2,(H,24,25)(H,27,28). The first-order valence-electron chi connectivity index (χ1n) is 9.19. The van der Waals surface area contributed by atoms with Crippen LogP contribution in [0.5, 0.6) is 0 Å². The smallest absolute Gasteiger partial charge is 0.339 e. The number of nitrogens with zero attached hydrogens (tertiary/aromatic N) is 2. The number of aromatic carboxylic acids is 1. The summed E-state index contributed by atoms with van der Waals surface area (Å²) in [4.78, 5) is 18.6. The van der Waals surface area contributed by atoms with E-state index in [1.54, 1.807) is 24.3 Å². The third kappa shape index (κ3) is 4.31. The molecule has 29 heavy (non-hydrogen) atoms. The fraction of sp³-hybridized carbons (Fsp3) is 0.238. The number of fused-ring (bicyclic) bond motifs is 1. The molecule has 8 heteroatoms. The van der Waals surface area contributed by atoms with Crippen molar-refractivity contribution < 1.29 is 14.6 Å². The summed E-state index contributed by atoms with van der Waals surface area (Å²) < 4.78 is 5.43. The summed E-state index contributed by atoms with van der Waals surface area (Å²) >= 11 is 12.4. The van der Waals surface area contributed by atoms with E-state index in [1.807, 2.05) is 18.3 Å². The van der Waals surface area contributed by atoms with Crippen molar-refractivity contribution in [2.45, 2.75) is 6.54 Å². The van der Waals surface area contributed by atoms with Gasteiger partial charge in [0.15, 0.2) is 0 Å². The Hall–Kier alpha value is -2.38. The van der Waals surface area contributed by atoms with E-state index in [0.29, 0.717) is 30.5 Å². The lowest BCUT2D eigenvalue weighted by atomic mass is 10.1. The molecule has 0 atom stereocenters. The van der Waals surface area contributed by atoms with Crippen molar-refractivity contribution in [3.8, 4) is 0 Å². The van der Waals surface area contributed by atoms with Gasteiger partial charge in [-0.2, -0.15) is 0 Å². The Morgan fingerprint density at radius 2 is 2.00 bits per heavy atom. The summed E-state index contributed by atoms with van der Waals surface area (Å²) in [7, 11) is 0. The lowest BCUT2D eigenvalue weighted by Crippen LogP contribution is -2.35. The van der Waals surface area contributed by atoms with Crippen molar-refractivity contribution in [1.29, 1.82) is 0 Å². The molecule has 0 unspecified atom stereocenters. The molecule has 3 aromatic rings. The minimum absolute atomic E-state index is 0.0264. The molecule has 0 radical (unpaired) electrons. The molecule has 1 saturated heterocycles. The molecular formula is C21H19Cl2N3O3. The van der Waals surface area contributed by atoms with Crippen molar-refractivity contribution in [2.75, 3.05) is 31.6 Å². The maximum atomic E-state index is 11.8. The second-order valence-electron chi connectivity index (χ2n) is 6.80. The molecule has 150 valence electrons. The predicted molar refractivity (Wildman–Crippen MR) is 115 cm³/mol. The predicted octanol–water partition coefficient (Wildman–Crippen LogP) is 4.82. The number of ether oxygens (including phenoxy) is 1. The average molecular weight is 432 g/mol. The molecule has 1 aliphatic heterocycles. The molecular weight excluding hydrogens is 413 g/mol. The minimum atomic E-state index is -1.09. The summed E-state index contributed by atoms with van der Waals surface area (Å²) in [6.07, 6.45) is 1.82. The van der Waals surface area contributed by atoms with Crippen LogP contribution in [0.4, 0.5) is 11.4 Å². The SMILES string of the molecule is O=C(O)c1c(Cl)cccc1Nc1c(CN2CCOCC2)cnc2ccc(Cl)cc12. The number of carbonyl (C=O) groups is 1. The first kappa shape index (κ1) is 19.9. The van der Waals surface area contributed by atoms with E-state index >= 15 is 0 Å². The number of morpholine rings is 1. The number of anilines is 2. The van der Waals surface area contributed by atoms with Gasteiger partial charge in [0.25, 0.3) is 0 Å². The third-order valence-electron chi connectivity index (χ3n) is 4.89. The van der Waals surface area contributed by atoms with E-state index < -0.39 is 5.97 Å². The van der Waals surface area contributed by atoms with Gasteiger partial charge in [0.2, 0.25) is 0 Å². The number of nitrogens with one attached hydrogen (secondary N) is 1. The molecule has 0 saturated carbocycles. The quantitative estimate of drug-likeness (QED) is 0.603. The van der Waals surface area contributed by atoms with Crippen LogP contribution >= 0.6 is 23.2 Å². The van der Waals surface area contributed by atoms with E-state index in [2.05, 4.69) is 15.2 Å². The Bertz CT molecular complexity index is 1070. The molecule has 0 amide bonds. The zero-order valence-corrected chi connectivity index (χ0v) is 17.0. The van der Waals surface area contributed by atoms with Gasteiger partial charge in [0.1, 0.15) is 5.56 Å². The third-order valence-corrected chi connectivity index (χ3v) is 5.44. The first-order chi connectivity index (χ1) is 14.0. The van der Waals surface area contributed by atoms with E-state index in [-0.39, 0.29) is 10.6 Å². The van der Waals surface area contributed by atoms with Crippen molar-refractivity contribution >= 4 is 51.4 Å². The summed E-state index contributed by atoms with van der Waals surface area (Å²) in [6, 6.07) is 10.4. The van der Waals surface area contributed by atoms with Crippen LogP contribution in [0.15, 0.2) is 42.6 Å². The first-order valence-corrected chi connectivity index (χ1v) is 9.94. The van der Waals surface area contributed by atoms with E-state index in [1.165, 1.54) is 0 Å². The second-order valence-corrected chi connectivity index (χ2v) is 7.64. The Morgan fingerprint density at radius 1 is 1.21 bits per heavy atom. The van der Waals surface area contributed by atoms with E-state index in [9.17, 15) is 9.90 Å². The molecule has 0 aliphatic carbocycles. The molecule has 2 N–H and O–H groups in total. The molecule has 1 aromatic heterocycles. The largest absolute Gasteiger partial charge is 0.478 e. The Morgan fingerprint density at radius 3 is 2.76 bits per heavy atom. The molecule has 6 nitrogen and oxygen atoms in total. The second kappa shape index (κ2) is 8.55. The number of aromatic nitrogens is 1. The summed E-state index contributed by atoms with van der Waals surface area (Å²) in [5.41, 5.74) is 2.92. The summed E-state index contributed by atoms with van der Waals surface area (Å²) in [5.74, 6) is -1.09. The highest BCUT2D eigenvalue weighted by Crippen LogP contribution is 2.34. The number of carboxylic acid groups (broad SMARTS) is 1.